The fourth-order valence-corrected chi connectivity index (χ4v) is 3.21. The second-order valence-electron chi connectivity index (χ2n) is 5.87. The van der Waals surface area contributed by atoms with E-state index in [1.165, 1.54) is 25.7 Å². The summed E-state index contributed by atoms with van der Waals surface area (Å²) in [5.74, 6) is 0.355. The van der Waals surface area contributed by atoms with Crippen LogP contribution in [0.25, 0.3) is 0 Å². The molecule has 0 amide bonds. The molecule has 0 spiro atoms. The first-order valence-electron chi connectivity index (χ1n) is 6.56. The number of ether oxygens (including phenoxy) is 1. The van der Waals surface area contributed by atoms with Gasteiger partial charge in [-0.25, -0.2) is 0 Å². The standard InChI is InChI=1S/C12H21N3O2/c13-11(15-16)6-12(3-4-12)7-14-9-5-8-1-2-10(9)17-8/h8-10,14,16H,1-7H2,(H2,13,15). The van der Waals surface area contributed by atoms with Gasteiger partial charge in [-0.15, -0.1) is 0 Å². The third kappa shape index (κ3) is 2.26. The first kappa shape index (κ1) is 11.3. The molecule has 3 aliphatic rings. The van der Waals surface area contributed by atoms with Crippen molar-refractivity contribution in [2.75, 3.05) is 6.54 Å². The van der Waals surface area contributed by atoms with E-state index in [0.29, 0.717) is 30.5 Å². The lowest BCUT2D eigenvalue weighted by Crippen LogP contribution is -2.41. The Labute approximate surface area is 101 Å². The van der Waals surface area contributed by atoms with Crippen molar-refractivity contribution in [1.82, 2.24) is 5.32 Å². The van der Waals surface area contributed by atoms with E-state index in [1.807, 2.05) is 0 Å². The average Bonchev–Trinajstić information content (AvgIpc) is 2.79. The van der Waals surface area contributed by atoms with Gasteiger partial charge >= 0.3 is 0 Å². The molecule has 2 saturated heterocycles. The molecule has 96 valence electrons. The Morgan fingerprint density at radius 1 is 1.47 bits per heavy atom. The molecule has 0 aromatic rings. The largest absolute Gasteiger partial charge is 0.409 e. The molecule has 4 N–H and O–H groups in total. The summed E-state index contributed by atoms with van der Waals surface area (Å²) in [6.07, 6.45) is 7.59. The molecule has 3 unspecified atom stereocenters. The van der Waals surface area contributed by atoms with Gasteiger partial charge in [0.2, 0.25) is 0 Å². The van der Waals surface area contributed by atoms with Crippen LogP contribution in [0.1, 0.15) is 38.5 Å². The Kier molecular flexibility index (Phi) is 2.75. The van der Waals surface area contributed by atoms with Crippen LogP contribution in [-0.2, 0) is 4.74 Å². The van der Waals surface area contributed by atoms with Crippen molar-refractivity contribution < 1.29 is 9.94 Å². The van der Waals surface area contributed by atoms with Gasteiger partial charge < -0.3 is 21.0 Å². The molecule has 0 radical (unpaired) electrons. The summed E-state index contributed by atoms with van der Waals surface area (Å²) in [6, 6.07) is 0.526. The van der Waals surface area contributed by atoms with Crippen LogP contribution in [0.2, 0.25) is 0 Å². The van der Waals surface area contributed by atoms with Gasteiger partial charge in [0, 0.05) is 19.0 Å². The highest BCUT2D eigenvalue weighted by atomic mass is 16.5. The molecule has 3 atom stereocenters. The average molecular weight is 239 g/mol. The van der Waals surface area contributed by atoms with E-state index in [1.54, 1.807) is 0 Å². The number of amidine groups is 1. The Bertz CT molecular complexity index is 328. The van der Waals surface area contributed by atoms with Crippen molar-refractivity contribution in [3.05, 3.63) is 0 Å². The summed E-state index contributed by atoms with van der Waals surface area (Å²) >= 11 is 0. The van der Waals surface area contributed by atoms with Crippen LogP contribution in [0, 0.1) is 5.41 Å². The lowest BCUT2D eigenvalue weighted by atomic mass is 9.94. The number of nitrogens with one attached hydrogen (secondary N) is 1. The fourth-order valence-electron chi connectivity index (χ4n) is 3.21. The molecule has 2 aliphatic heterocycles. The Morgan fingerprint density at radius 3 is 2.82 bits per heavy atom. The van der Waals surface area contributed by atoms with Gasteiger partial charge in [0.05, 0.1) is 12.2 Å². The summed E-state index contributed by atoms with van der Waals surface area (Å²) in [7, 11) is 0. The zero-order valence-electron chi connectivity index (χ0n) is 10.1. The minimum absolute atomic E-state index is 0.248. The third-order valence-corrected chi connectivity index (χ3v) is 4.49. The maximum Gasteiger partial charge on any atom is 0.139 e. The topological polar surface area (TPSA) is 79.9 Å². The van der Waals surface area contributed by atoms with Crippen molar-refractivity contribution in [3.8, 4) is 0 Å². The van der Waals surface area contributed by atoms with Crippen LogP contribution in [0.15, 0.2) is 5.16 Å². The maximum atomic E-state index is 8.61. The van der Waals surface area contributed by atoms with Gasteiger partial charge in [0.25, 0.3) is 0 Å². The Hall–Kier alpha value is -0.810. The van der Waals surface area contributed by atoms with E-state index in [9.17, 15) is 0 Å². The SMILES string of the molecule is NC(CC1(CNC2CC3CCC2O3)CC1)=NO. The molecule has 5 heteroatoms. The van der Waals surface area contributed by atoms with E-state index in [4.69, 9.17) is 15.7 Å². The van der Waals surface area contributed by atoms with E-state index in [0.717, 1.165) is 13.0 Å². The fraction of sp³-hybridized carbons (Fsp3) is 0.917. The Balaban J connectivity index is 1.48. The van der Waals surface area contributed by atoms with Gasteiger partial charge in [-0.3, -0.25) is 0 Å². The van der Waals surface area contributed by atoms with Gasteiger partial charge in [0.15, 0.2) is 0 Å². The number of hydrogen-bond donors (Lipinski definition) is 3. The molecule has 17 heavy (non-hydrogen) atoms. The smallest absolute Gasteiger partial charge is 0.139 e. The summed E-state index contributed by atoms with van der Waals surface area (Å²) in [6.45, 7) is 0.973. The van der Waals surface area contributed by atoms with Crippen LogP contribution >= 0.6 is 0 Å². The van der Waals surface area contributed by atoms with E-state index < -0.39 is 0 Å². The van der Waals surface area contributed by atoms with Crippen LogP contribution in [0.4, 0.5) is 0 Å². The van der Waals surface area contributed by atoms with E-state index in [-0.39, 0.29) is 5.41 Å². The highest BCUT2D eigenvalue weighted by Crippen LogP contribution is 2.48. The lowest BCUT2D eigenvalue weighted by Gasteiger charge is -2.23. The van der Waals surface area contributed by atoms with Crippen molar-refractivity contribution in [2.45, 2.75) is 56.8 Å². The predicted molar refractivity (Wildman–Crippen MR) is 64.0 cm³/mol. The highest BCUT2D eigenvalue weighted by molar-refractivity contribution is 5.80. The van der Waals surface area contributed by atoms with Gasteiger partial charge in [-0.1, -0.05) is 5.16 Å². The van der Waals surface area contributed by atoms with Crippen molar-refractivity contribution >= 4 is 5.84 Å². The summed E-state index contributed by atoms with van der Waals surface area (Å²) in [4.78, 5) is 0. The van der Waals surface area contributed by atoms with Crippen LogP contribution in [-0.4, -0.2) is 35.8 Å². The van der Waals surface area contributed by atoms with E-state index >= 15 is 0 Å². The first-order chi connectivity index (χ1) is 8.21. The van der Waals surface area contributed by atoms with Crippen molar-refractivity contribution in [1.29, 1.82) is 0 Å². The zero-order chi connectivity index (χ0) is 11.9. The maximum absolute atomic E-state index is 8.61. The third-order valence-electron chi connectivity index (χ3n) is 4.49. The van der Waals surface area contributed by atoms with Gasteiger partial charge in [-0.2, -0.15) is 0 Å². The molecule has 1 saturated carbocycles. The molecule has 3 fully saturated rings. The monoisotopic (exact) mass is 239 g/mol. The zero-order valence-corrected chi connectivity index (χ0v) is 10.1. The number of nitrogens with two attached hydrogens (primary N) is 1. The minimum Gasteiger partial charge on any atom is -0.409 e. The second kappa shape index (κ2) is 4.14. The molecule has 2 heterocycles. The van der Waals surface area contributed by atoms with Crippen molar-refractivity contribution in [3.63, 3.8) is 0 Å². The normalized spacial score (nSPS) is 38.6. The molecule has 3 rings (SSSR count). The number of fused-ring (bicyclic) bond motifs is 2. The molecular formula is C12H21N3O2. The predicted octanol–water partition coefficient (Wildman–Crippen LogP) is 0.813. The number of oxime groups is 1. The molecule has 0 aromatic heterocycles. The first-order valence-corrected chi connectivity index (χ1v) is 6.56. The van der Waals surface area contributed by atoms with Crippen LogP contribution < -0.4 is 11.1 Å². The summed E-state index contributed by atoms with van der Waals surface area (Å²) in [5.41, 5.74) is 5.84. The summed E-state index contributed by atoms with van der Waals surface area (Å²) in [5, 5.41) is 15.3. The van der Waals surface area contributed by atoms with Gasteiger partial charge in [0.1, 0.15) is 5.84 Å². The second-order valence-corrected chi connectivity index (χ2v) is 5.87. The lowest BCUT2D eigenvalue weighted by molar-refractivity contribution is 0.0968. The van der Waals surface area contributed by atoms with E-state index in [2.05, 4.69) is 10.5 Å². The van der Waals surface area contributed by atoms with Crippen molar-refractivity contribution in [2.24, 2.45) is 16.3 Å². The highest BCUT2D eigenvalue weighted by Gasteiger charge is 2.46. The molecular weight excluding hydrogens is 218 g/mol. The summed E-state index contributed by atoms with van der Waals surface area (Å²) < 4.78 is 5.82. The van der Waals surface area contributed by atoms with Crippen LogP contribution in [0.3, 0.4) is 0 Å². The number of rotatable bonds is 5. The molecule has 2 bridgehead atoms. The minimum atomic E-state index is 0.248. The molecule has 0 aromatic carbocycles. The van der Waals surface area contributed by atoms with Crippen LogP contribution in [0.5, 0.6) is 0 Å². The molecule has 5 nitrogen and oxygen atoms in total. The van der Waals surface area contributed by atoms with Gasteiger partial charge in [-0.05, 0) is 37.5 Å². The quantitative estimate of drug-likeness (QED) is 0.287. The molecule has 1 aliphatic carbocycles. The Morgan fingerprint density at radius 2 is 2.29 bits per heavy atom. The number of hydrogen-bond acceptors (Lipinski definition) is 4. The number of nitrogens with zero attached hydrogens (tertiary/aromatic N) is 1.